The number of nitrogens with one attached hydrogen (secondary N) is 2. The van der Waals surface area contributed by atoms with Crippen LogP contribution in [0.1, 0.15) is 52.3 Å². The van der Waals surface area contributed by atoms with E-state index in [1.807, 2.05) is 29.8 Å². The molecule has 35 heavy (non-hydrogen) atoms. The second-order valence-corrected chi connectivity index (χ2v) is 9.43. The Morgan fingerprint density at radius 1 is 1.14 bits per heavy atom. The zero-order valence-corrected chi connectivity index (χ0v) is 21.3. The molecular weight excluding hydrogens is 444 g/mol. The van der Waals surface area contributed by atoms with Gasteiger partial charge in [-0.2, -0.15) is 0 Å². The lowest BCUT2D eigenvalue weighted by atomic mass is 10.2. The van der Waals surface area contributed by atoms with E-state index in [-0.39, 0.29) is 18.2 Å². The average molecular weight is 483 g/mol. The van der Waals surface area contributed by atoms with Gasteiger partial charge in [-0.1, -0.05) is 45.4 Å². The van der Waals surface area contributed by atoms with E-state index in [0.29, 0.717) is 43.0 Å². The number of imidazole rings is 1. The number of carbonyl (C=O) groups excluding carboxylic acids is 1. The van der Waals surface area contributed by atoms with Crippen molar-refractivity contribution in [1.82, 2.24) is 24.4 Å². The van der Waals surface area contributed by atoms with Crippen LogP contribution in [0.4, 0.5) is 5.69 Å². The van der Waals surface area contributed by atoms with Crippen molar-refractivity contribution in [3.8, 4) is 0 Å². The van der Waals surface area contributed by atoms with Crippen LogP contribution in [0.25, 0.3) is 11.2 Å². The highest BCUT2D eigenvalue weighted by Crippen LogP contribution is 2.16. The Labute approximate surface area is 206 Å². The van der Waals surface area contributed by atoms with Crippen molar-refractivity contribution in [1.29, 1.82) is 0 Å². The number of H-pyrrole nitrogens is 1. The number of aromatic amines is 1. The lowest BCUT2D eigenvalue weighted by molar-refractivity contribution is -0.121. The molecular formula is C26H38N6O3. The maximum Gasteiger partial charge on any atom is 0.330 e. The van der Waals surface area contributed by atoms with Gasteiger partial charge in [0.15, 0.2) is 11.2 Å². The predicted molar refractivity (Wildman–Crippen MR) is 140 cm³/mol. The van der Waals surface area contributed by atoms with Crippen molar-refractivity contribution in [2.75, 3.05) is 25.0 Å². The molecule has 0 bridgehead atoms. The van der Waals surface area contributed by atoms with E-state index in [0.717, 1.165) is 31.5 Å². The number of hydrogen-bond acceptors (Lipinski definition) is 5. The molecule has 190 valence electrons. The van der Waals surface area contributed by atoms with Gasteiger partial charge in [0.25, 0.3) is 5.56 Å². The molecule has 2 aromatic heterocycles. The number of amides is 1. The van der Waals surface area contributed by atoms with E-state index < -0.39 is 11.2 Å². The highest BCUT2D eigenvalue weighted by molar-refractivity contribution is 5.76. The molecule has 0 unspecified atom stereocenters. The number of hydrogen-bond donors (Lipinski definition) is 2. The second kappa shape index (κ2) is 12.4. The van der Waals surface area contributed by atoms with Crippen LogP contribution in [0.2, 0.25) is 0 Å². The Hall–Kier alpha value is -3.36. The molecule has 9 heteroatoms. The SMILES string of the molecule is CCCCn1c(=O)[nH]c(=O)c2c1nc(CCC(=O)NCCCN(C)c1ccccc1)n2CC(C)C. The summed E-state index contributed by atoms with van der Waals surface area (Å²) in [6.07, 6.45) is 3.25. The highest BCUT2D eigenvalue weighted by Gasteiger charge is 2.19. The molecule has 3 aromatic rings. The smallest absolute Gasteiger partial charge is 0.330 e. The van der Waals surface area contributed by atoms with Gasteiger partial charge in [-0.15, -0.1) is 0 Å². The summed E-state index contributed by atoms with van der Waals surface area (Å²) in [5.41, 5.74) is 1.11. The van der Waals surface area contributed by atoms with E-state index >= 15 is 0 Å². The van der Waals surface area contributed by atoms with Gasteiger partial charge < -0.3 is 14.8 Å². The summed E-state index contributed by atoms with van der Waals surface area (Å²) in [5, 5.41) is 2.99. The van der Waals surface area contributed by atoms with Crippen LogP contribution in [-0.2, 0) is 24.3 Å². The molecule has 2 heterocycles. The fourth-order valence-electron chi connectivity index (χ4n) is 4.16. The van der Waals surface area contributed by atoms with Crippen LogP contribution in [0.3, 0.4) is 0 Å². The normalized spacial score (nSPS) is 11.3. The van der Waals surface area contributed by atoms with Crippen molar-refractivity contribution in [3.05, 3.63) is 57.0 Å². The predicted octanol–water partition coefficient (Wildman–Crippen LogP) is 2.92. The van der Waals surface area contributed by atoms with Gasteiger partial charge in [0.05, 0.1) is 0 Å². The lowest BCUT2D eigenvalue weighted by Crippen LogP contribution is -2.31. The Morgan fingerprint density at radius 2 is 1.89 bits per heavy atom. The minimum absolute atomic E-state index is 0.0483. The molecule has 0 spiro atoms. The van der Waals surface area contributed by atoms with Crippen LogP contribution < -0.4 is 21.5 Å². The van der Waals surface area contributed by atoms with Gasteiger partial charge >= 0.3 is 5.69 Å². The average Bonchev–Trinajstić information content (AvgIpc) is 3.18. The highest BCUT2D eigenvalue weighted by atomic mass is 16.2. The molecule has 0 saturated carbocycles. The first-order valence-corrected chi connectivity index (χ1v) is 12.6. The van der Waals surface area contributed by atoms with Gasteiger partial charge in [0, 0.05) is 51.8 Å². The Kier molecular flexibility index (Phi) is 9.28. The molecule has 0 atom stereocenters. The molecule has 0 fully saturated rings. The number of rotatable bonds is 13. The Bertz CT molecular complexity index is 1230. The van der Waals surface area contributed by atoms with Crippen LogP contribution in [0.5, 0.6) is 0 Å². The van der Waals surface area contributed by atoms with Crippen molar-refractivity contribution in [3.63, 3.8) is 0 Å². The lowest BCUT2D eigenvalue weighted by Gasteiger charge is -2.19. The molecule has 2 N–H and O–H groups in total. The standard InChI is InChI=1S/C26H38N6O3/c1-5-6-17-31-24-23(25(34)29-26(31)35)32(18-19(2)3)21(28-24)13-14-22(33)27-15-10-16-30(4)20-11-8-7-9-12-20/h7-9,11-12,19H,5-6,10,13-18H2,1-4H3,(H,27,33)(H,29,34,35). The number of aryl methyl sites for hydroxylation is 2. The number of para-hydroxylation sites is 1. The zero-order chi connectivity index (χ0) is 25.4. The van der Waals surface area contributed by atoms with Crippen LogP contribution >= 0.6 is 0 Å². The Balaban J connectivity index is 1.66. The van der Waals surface area contributed by atoms with Crippen molar-refractivity contribution >= 4 is 22.8 Å². The number of benzene rings is 1. The van der Waals surface area contributed by atoms with Gasteiger partial charge in [0.2, 0.25) is 5.91 Å². The second-order valence-electron chi connectivity index (χ2n) is 9.43. The summed E-state index contributed by atoms with van der Waals surface area (Å²) in [6, 6.07) is 10.1. The number of aromatic nitrogens is 4. The topological polar surface area (TPSA) is 105 Å². The van der Waals surface area contributed by atoms with Crippen molar-refractivity contribution in [2.24, 2.45) is 5.92 Å². The summed E-state index contributed by atoms with van der Waals surface area (Å²) in [5.74, 6) is 0.888. The van der Waals surface area contributed by atoms with Gasteiger partial charge in [-0.05, 0) is 30.9 Å². The molecule has 1 amide bonds. The van der Waals surface area contributed by atoms with Gasteiger partial charge in [-0.3, -0.25) is 19.1 Å². The van der Waals surface area contributed by atoms with Crippen LogP contribution in [-0.4, -0.2) is 45.1 Å². The molecule has 0 aliphatic heterocycles. The number of fused-ring (bicyclic) bond motifs is 1. The first kappa shape index (κ1) is 26.2. The van der Waals surface area contributed by atoms with E-state index in [1.165, 1.54) is 0 Å². The van der Waals surface area contributed by atoms with E-state index in [9.17, 15) is 14.4 Å². The monoisotopic (exact) mass is 482 g/mol. The molecule has 9 nitrogen and oxygen atoms in total. The summed E-state index contributed by atoms with van der Waals surface area (Å²) < 4.78 is 3.42. The fraction of sp³-hybridized carbons (Fsp3) is 0.538. The summed E-state index contributed by atoms with van der Waals surface area (Å²) in [6.45, 7) is 8.70. The molecule has 0 radical (unpaired) electrons. The molecule has 1 aromatic carbocycles. The minimum atomic E-state index is -0.435. The third-order valence-corrected chi connectivity index (χ3v) is 6.01. The number of carbonyl (C=O) groups is 1. The maximum atomic E-state index is 12.7. The van der Waals surface area contributed by atoms with Gasteiger partial charge in [-0.25, -0.2) is 9.78 Å². The molecule has 3 rings (SSSR count). The molecule has 0 aliphatic rings. The number of unbranched alkanes of at least 4 members (excludes halogenated alkanes) is 1. The number of nitrogens with zero attached hydrogens (tertiary/aromatic N) is 4. The van der Waals surface area contributed by atoms with E-state index in [2.05, 4.69) is 53.1 Å². The van der Waals surface area contributed by atoms with Crippen LogP contribution in [0, 0.1) is 5.92 Å². The molecule has 0 saturated heterocycles. The van der Waals surface area contributed by atoms with Crippen LogP contribution in [0.15, 0.2) is 39.9 Å². The summed E-state index contributed by atoms with van der Waals surface area (Å²) >= 11 is 0. The van der Waals surface area contributed by atoms with Crippen molar-refractivity contribution < 1.29 is 4.79 Å². The first-order valence-electron chi connectivity index (χ1n) is 12.6. The van der Waals surface area contributed by atoms with E-state index in [1.54, 1.807) is 4.57 Å². The third-order valence-electron chi connectivity index (χ3n) is 6.01. The third kappa shape index (κ3) is 6.83. The maximum absolute atomic E-state index is 12.7. The first-order chi connectivity index (χ1) is 16.8. The van der Waals surface area contributed by atoms with Crippen molar-refractivity contribution in [2.45, 2.75) is 66.0 Å². The zero-order valence-electron chi connectivity index (χ0n) is 21.3. The fourth-order valence-corrected chi connectivity index (χ4v) is 4.16. The Morgan fingerprint density at radius 3 is 2.57 bits per heavy atom. The minimum Gasteiger partial charge on any atom is -0.375 e. The molecule has 0 aliphatic carbocycles. The van der Waals surface area contributed by atoms with E-state index in [4.69, 9.17) is 0 Å². The largest absolute Gasteiger partial charge is 0.375 e. The van der Waals surface area contributed by atoms with Gasteiger partial charge in [0.1, 0.15) is 5.82 Å². The summed E-state index contributed by atoms with van der Waals surface area (Å²) in [4.78, 5) is 47.0. The number of anilines is 1. The quantitative estimate of drug-likeness (QED) is 0.365. The summed E-state index contributed by atoms with van der Waals surface area (Å²) in [7, 11) is 2.04.